The summed E-state index contributed by atoms with van der Waals surface area (Å²) in [5.74, 6) is -0.314. The minimum absolute atomic E-state index is 0.128. The second-order valence-electron chi connectivity index (χ2n) is 6.53. The van der Waals surface area contributed by atoms with E-state index in [0.29, 0.717) is 6.54 Å². The maximum atomic E-state index is 13.3. The fraction of sp³-hybridized carbons (Fsp3) is 0.136. The zero-order chi connectivity index (χ0) is 18.8. The van der Waals surface area contributed by atoms with Crippen molar-refractivity contribution in [1.82, 2.24) is 4.90 Å². The van der Waals surface area contributed by atoms with E-state index in [1.807, 2.05) is 48.5 Å². The number of nitrogens with zero attached hydrogens (tertiary/aromatic N) is 2. The Hall–Kier alpha value is -3.47. The number of carbonyl (C=O) groups excluding carboxylic acids is 1. The lowest BCUT2D eigenvalue weighted by Gasteiger charge is -2.37. The molecule has 0 aromatic heterocycles. The molecular formula is C22H18N2O3. The van der Waals surface area contributed by atoms with Crippen LogP contribution in [0.25, 0.3) is 0 Å². The number of benzene rings is 3. The minimum atomic E-state index is -0.497. The zero-order valence-corrected chi connectivity index (χ0v) is 14.6. The molecule has 0 N–H and O–H groups in total. The summed E-state index contributed by atoms with van der Waals surface area (Å²) in [4.78, 5) is 26.0. The molecule has 1 aliphatic rings. The number of nitro benzene ring substituents is 1. The number of nitro groups is 1. The molecule has 27 heavy (non-hydrogen) atoms. The van der Waals surface area contributed by atoms with Crippen molar-refractivity contribution in [3.63, 3.8) is 0 Å². The van der Waals surface area contributed by atoms with E-state index in [1.54, 1.807) is 17.0 Å². The van der Waals surface area contributed by atoms with E-state index in [9.17, 15) is 14.9 Å². The van der Waals surface area contributed by atoms with E-state index in [2.05, 4.69) is 6.07 Å². The molecule has 1 amide bonds. The van der Waals surface area contributed by atoms with Crippen molar-refractivity contribution < 1.29 is 9.72 Å². The molecule has 0 bridgehead atoms. The van der Waals surface area contributed by atoms with E-state index in [1.165, 1.54) is 17.7 Å². The van der Waals surface area contributed by atoms with Crippen LogP contribution in [0.5, 0.6) is 0 Å². The molecule has 0 saturated heterocycles. The third-order valence-corrected chi connectivity index (χ3v) is 4.99. The minimum Gasteiger partial charge on any atom is -0.327 e. The van der Waals surface area contributed by atoms with E-state index < -0.39 is 4.92 Å². The summed E-state index contributed by atoms with van der Waals surface area (Å²) in [6, 6.07) is 23.8. The average molecular weight is 358 g/mol. The topological polar surface area (TPSA) is 63.4 Å². The van der Waals surface area contributed by atoms with Crippen molar-refractivity contribution in [2.75, 3.05) is 6.54 Å². The van der Waals surface area contributed by atoms with E-state index in [0.717, 1.165) is 17.5 Å². The molecule has 1 heterocycles. The van der Waals surface area contributed by atoms with Crippen LogP contribution in [0.4, 0.5) is 5.69 Å². The fourth-order valence-electron chi connectivity index (χ4n) is 3.75. The van der Waals surface area contributed by atoms with Crippen LogP contribution in [0.2, 0.25) is 0 Å². The number of amides is 1. The Morgan fingerprint density at radius 3 is 2.37 bits per heavy atom. The number of para-hydroxylation sites is 1. The van der Waals surface area contributed by atoms with Gasteiger partial charge < -0.3 is 4.90 Å². The second-order valence-corrected chi connectivity index (χ2v) is 6.53. The van der Waals surface area contributed by atoms with Crippen LogP contribution in [0, 0.1) is 10.1 Å². The summed E-state index contributed by atoms with van der Waals surface area (Å²) < 4.78 is 0. The first kappa shape index (κ1) is 17.0. The molecule has 0 fully saturated rings. The van der Waals surface area contributed by atoms with Gasteiger partial charge in [0.25, 0.3) is 11.6 Å². The lowest BCUT2D eigenvalue weighted by molar-refractivity contribution is -0.385. The van der Waals surface area contributed by atoms with Crippen LogP contribution in [0.15, 0.2) is 78.9 Å². The molecule has 3 aromatic rings. The van der Waals surface area contributed by atoms with Crippen molar-refractivity contribution in [3.8, 4) is 0 Å². The standard InChI is InChI=1S/C22H18N2O3/c25-22(19-12-6-7-13-20(19)24(26)27)23-15-14-16-8-4-5-11-18(16)21(23)17-9-2-1-3-10-17/h1-13,21H,14-15H2. The van der Waals surface area contributed by atoms with Gasteiger partial charge >= 0.3 is 0 Å². The molecule has 0 radical (unpaired) electrons. The average Bonchev–Trinajstić information content (AvgIpc) is 2.73. The third kappa shape index (κ3) is 3.08. The lowest BCUT2D eigenvalue weighted by Crippen LogP contribution is -2.40. The molecular weight excluding hydrogens is 340 g/mol. The molecule has 1 unspecified atom stereocenters. The quantitative estimate of drug-likeness (QED) is 0.515. The number of hydrogen-bond acceptors (Lipinski definition) is 3. The van der Waals surface area contributed by atoms with Gasteiger partial charge in [0.2, 0.25) is 0 Å². The Morgan fingerprint density at radius 2 is 1.59 bits per heavy atom. The van der Waals surface area contributed by atoms with Crippen LogP contribution < -0.4 is 0 Å². The number of hydrogen-bond donors (Lipinski definition) is 0. The first-order valence-electron chi connectivity index (χ1n) is 8.84. The summed E-state index contributed by atoms with van der Waals surface area (Å²) in [7, 11) is 0. The number of carbonyl (C=O) groups is 1. The molecule has 1 aliphatic heterocycles. The van der Waals surface area contributed by atoms with Crippen molar-refractivity contribution in [3.05, 3.63) is 111 Å². The van der Waals surface area contributed by atoms with Gasteiger partial charge in [-0.1, -0.05) is 66.7 Å². The van der Waals surface area contributed by atoms with E-state index >= 15 is 0 Å². The summed E-state index contributed by atoms with van der Waals surface area (Å²) in [6.45, 7) is 0.515. The van der Waals surface area contributed by atoms with Gasteiger partial charge in [0.1, 0.15) is 5.56 Å². The lowest BCUT2D eigenvalue weighted by atomic mass is 9.87. The van der Waals surface area contributed by atoms with Gasteiger partial charge in [0.05, 0.1) is 11.0 Å². The Labute approximate surface area is 157 Å². The SMILES string of the molecule is O=C(c1ccccc1[N+](=O)[O-])N1CCc2ccccc2C1c1ccccc1. The predicted octanol–water partition coefficient (Wildman–Crippen LogP) is 4.38. The zero-order valence-electron chi connectivity index (χ0n) is 14.6. The van der Waals surface area contributed by atoms with Crippen LogP contribution in [0.3, 0.4) is 0 Å². The molecule has 5 nitrogen and oxygen atoms in total. The van der Waals surface area contributed by atoms with E-state index in [4.69, 9.17) is 0 Å². The van der Waals surface area contributed by atoms with Crippen molar-refractivity contribution in [2.24, 2.45) is 0 Å². The highest BCUT2D eigenvalue weighted by Gasteiger charge is 2.34. The highest BCUT2D eigenvalue weighted by atomic mass is 16.6. The second kappa shape index (κ2) is 7.03. The molecule has 0 aliphatic carbocycles. The van der Waals surface area contributed by atoms with Crippen molar-refractivity contribution >= 4 is 11.6 Å². The fourth-order valence-corrected chi connectivity index (χ4v) is 3.75. The van der Waals surface area contributed by atoms with Gasteiger partial charge in [-0.15, -0.1) is 0 Å². The van der Waals surface area contributed by atoms with Gasteiger partial charge in [-0.05, 0) is 29.2 Å². The molecule has 0 spiro atoms. The Balaban J connectivity index is 1.82. The summed E-state index contributed by atoms with van der Waals surface area (Å²) >= 11 is 0. The van der Waals surface area contributed by atoms with Gasteiger partial charge in [-0.2, -0.15) is 0 Å². The third-order valence-electron chi connectivity index (χ3n) is 4.99. The summed E-state index contributed by atoms with van der Waals surface area (Å²) in [5, 5.41) is 11.4. The number of rotatable bonds is 3. The first-order valence-corrected chi connectivity index (χ1v) is 8.84. The molecule has 134 valence electrons. The molecule has 5 heteroatoms. The van der Waals surface area contributed by atoms with Gasteiger partial charge in [-0.3, -0.25) is 14.9 Å². The molecule has 0 saturated carbocycles. The van der Waals surface area contributed by atoms with Crippen LogP contribution in [-0.2, 0) is 6.42 Å². The normalized spacial score (nSPS) is 15.9. The van der Waals surface area contributed by atoms with Crippen molar-refractivity contribution in [1.29, 1.82) is 0 Å². The van der Waals surface area contributed by atoms with Crippen LogP contribution in [0.1, 0.15) is 33.1 Å². The smallest absolute Gasteiger partial charge is 0.282 e. The monoisotopic (exact) mass is 358 g/mol. The Kier molecular flexibility index (Phi) is 4.42. The van der Waals surface area contributed by atoms with Crippen molar-refractivity contribution in [2.45, 2.75) is 12.5 Å². The van der Waals surface area contributed by atoms with Crippen LogP contribution in [-0.4, -0.2) is 22.3 Å². The Morgan fingerprint density at radius 1 is 0.926 bits per heavy atom. The van der Waals surface area contributed by atoms with Gasteiger partial charge in [0.15, 0.2) is 0 Å². The number of fused-ring (bicyclic) bond motifs is 1. The molecule has 4 rings (SSSR count). The van der Waals surface area contributed by atoms with Gasteiger partial charge in [-0.25, -0.2) is 0 Å². The highest BCUT2D eigenvalue weighted by Crippen LogP contribution is 2.36. The maximum Gasteiger partial charge on any atom is 0.282 e. The van der Waals surface area contributed by atoms with Gasteiger partial charge in [0, 0.05) is 12.6 Å². The first-order chi connectivity index (χ1) is 13.2. The Bertz CT molecular complexity index is 1000. The molecule has 3 aromatic carbocycles. The molecule has 1 atom stereocenters. The summed E-state index contributed by atoms with van der Waals surface area (Å²) in [5.41, 5.74) is 3.24. The van der Waals surface area contributed by atoms with Crippen LogP contribution >= 0.6 is 0 Å². The largest absolute Gasteiger partial charge is 0.327 e. The highest BCUT2D eigenvalue weighted by molar-refractivity contribution is 5.98. The predicted molar refractivity (Wildman–Crippen MR) is 103 cm³/mol. The van der Waals surface area contributed by atoms with E-state index in [-0.39, 0.29) is 23.2 Å². The maximum absolute atomic E-state index is 13.3. The summed E-state index contributed by atoms with van der Waals surface area (Å²) in [6.07, 6.45) is 0.728.